The normalized spacial score (nSPS) is 13.1. The van der Waals surface area contributed by atoms with E-state index in [4.69, 9.17) is 9.84 Å². The molecule has 6 nitrogen and oxygen atoms in total. The van der Waals surface area contributed by atoms with Crippen molar-refractivity contribution in [2.45, 2.75) is 6.42 Å². The van der Waals surface area contributed by atoms with Crippen molar-refractivity contribution < 1.29 is 14.6 Å². The molecular weight excluding hydrogens is 270 g/mol. The molecule has 0 fully saturated rings. The monoisotopic (exact) mass is 281 g/mol. The van der Waals surface area contributed by atoms with Gasteiger partial charge < -0.3 is 9.84 Å². The van der Waals surface area contributed by atoms with Crippen LogP contribution in [0.1, 0.15) is 15.9 Å². The largest absolute Gasteiger partial charge is 0.493 e. The molecule has 3 heterocycles. The van der Waals surface area contributed by atoms with Crippen molar-refractivity contribution in [2.75, 3.05) is 6.61 Å². The summed E-state index contributed by atoms with van der Waals surface area (Å²) in [4.78, 5) is 11.1. The van der Waals surface area contributed by atoms with Crippen LogP contribution in [0.25, 0.3) is 17.0 Å². The predicted molar refractivity (Wildman–Crippen MR) is 74.6 cm³/mol. The van der Waals surface area contributed by atoms with Gasteiger partial charge in [0, 0.05) is 18.2 Å². The van der Waals surface area contributed by atoms with Gasteiger partial charge in [-0.05, 0) is 35.9 Å². The van der Waals surface area contributed by atoms with Crippen LogP contribution in [0.5, 0.6) is 5.75 Å². The Bertz CT molecular complexity index is 870. The van der Waals surface area contributed by atoms with Gasteiger partial charge in [-0.25, -0.2) is 4.79 Å². The average molecular weight is 281 g/mol. The summed E-state index contributed by atoms with van der Waals surface area (Å²) in [5.41, 5.74) is 2.85. The summed E-state index contributed by atoms with van der Waals surface area (Å²) < 4.78 is 7.18. The smallest absolute Gasteiger partial charge is 0.337 e. The number of ether oxygens (including phenoxy) is 1. The third-order valence-corrected chi connectivity index (χ3v) is 3.60. The zero-order chi connectivity index (χ0) is 14.4. The van der Waals surface area contributed by atoms with Crippen LogP contribution in [0, 0.1) is 0 Å². The van der Waals surface area contributed by atoms with Crippen LogP contribution >= 0.6 is 0 Å². The molecule has 0 aliphatic carbocycles. The van der Waals surface area contributed by atoms with E-state index in [0.717, 1.165) is 23.3 Å². The van der Waals surface area contributed by atoms with E-state index in [-0.39, 0.29) is 5.56 Å². The highest BCUT2D eigenvalue weighted by atomic mass is 16.5. The van der Waals surface area contributed by atoms with Gasteiger partial charge in [-0.1, -0.05) is 0 Å². The van der Waals surface area contributed by atoms with E-state index >= 15 is 0 Å². The van der Waals surface area contributed by atoms with Crippen LogP contribution in [0.2, 0.25) is 0 Å². The lowest BCUT2D eigenvalue weighted by Gasteiger charge is -2.04. The molecule has 0 atom stereocenters. The summed E-state index contributed by atoms with van der Waals surface area (Å²) in [7, 11) is 0. The number of pyridine rings is 1. The molecule has 0 radical (unpaired) electrons. The van der Waals surface area contributed by atoms with Gasteiger partial charge in [-0.3, -0.25) is 4.40 Å². The number of carboxylic acid groups (broad SMARTS) is 1. The fourth-order valence-corrected chi connectivity index (χ4v) is 2.54. The van der Waals surface area contributed by atoms with E-state index in [1.165, 1.54) is 12.3 Å². The molecule has 1 N–H and O–H groups in total. The molecule has 104 valence electrons. The molecule has 3 aromatic rings. The van der Waals surface area contributed by atoms with Crippen LogP contribution in [0.4, 0.5) is 0 Å². The Morgan fingerprint density at radius 1 is 1.24 bits per heavy atom. The highest BCUT2D eigenvalue weighted by Crippen LogP contribution is 2.30. The van der Waals surface area contributed by atoms with Crippen molar-refractivity contribution in [3.05, 3.63) is 47.7 Å². The minimum Gasteiger partial charge on any atom is -0.493 e. The van der Waals surface area contributed by atoms with E-state index in [0.29, 0.717) is 18.1 Å². The van der Waals surface area contributed by atoms with E-state index in [9.17, 15) is 4.79 Å². The van der Waals surface area contributed by atoms with Crippen molar-refractivity contribution in [3.63, 3.8) is 0 Å². The maximum atomic E-state index is 11.1. The first kappa shape index (κ1) is 11.9. The van der Waals surface area contributed by atoms with E-state index in [2.05, 4.69) is 10.2 Å². The lowest BCUT2D eigenvalue weighted by Crippen LogP contribution is -1.99. The van der Waals surface area contributed by atoms with E-state index < -0.39 is 5.97 Å². The summed E-state index contributed by atoms with van der Waals surface area (Å²) in [6.45, 7) is 0.697. The summed E-state index contributed by atoms with van der Waals surface area (Å²) >= 11 is 0. The number of carbonyl (C=O) groups is 1. The molecule has 0 amide bonds. The van der Waals surface area contributed by atoms with Crippen molar-refractivity contribution in [2.24, 2.45) is 0 Å². The molecule has 1 aliphatic rings. The number of aromatic carboxylic acids is 1. The number of rotatable bonds is 2. The van der Waals surface area contributed by atoms with Crippen molar-refractivity contribution >= 4 is 11.6 Å². The first-order valence-corrected chi connectivity index (χ1v) is 6.56. The highest BCUT2D eigenvalue weighted by molar-refractivity contribution is 5.87. The fraction of sp³-hybridized carbons (Fsp3) is 0.133. The van der Waals surface area contributed by atoms with Crippen LogP contribution in [-0.2, 0) is 6.42 Å². The summed E-state index contributed by atoms with van der Waals surface area (Å²) in [6, 6.07) is 9.02. The molecule has 0 unspecified atom stereocenters. The van der Waals surface area contributed by atoms with Gasteiger partial charge >= 0.3 is 5.97 Å². The Labute approximate surface area is 119 Å². The number of carboxylic acids is 1. The van der Waals surface area contributed by atoms with Gasteiger partial charge in [-0.15, -0.1) is 10.2 Å². The SMILES string of the molecule is O=C(O)c1ccc2nnc(-c3ccc4c(c3)CCO4)n2c1. The van der Waals surface area contributed by atoms with Crippen molar-refractivity contribution in [1.82, 2.24) is 14.6 Å². The van der Waals surface area contributed by atoms with Gasteiger partial charge in [0.15, 0.2) is 11.5 Å². The maximum Gasteiger partial charge on any atom is 0.337 e. The molecule has 1 aliphatic heterocycles. The summed E-state index contributed by atoms with van der Waals surface area (Å²) in [5, 5.41) is 17.3. The van der Waals surface area contributed by atoms with E-state index in [1.54, 1.807) is 10.5 Å². The Hall–Kier alpha value is -2.89. The molecule has 1 aromatic carbocycles. The first-order chi connectivity index (χ1) is 10.2. The molecular formula is C15H11N3O3. The molecule has 4 rings (SSSR count). The first-order valence-electron chi connectivity index (χ1n) is 6.56. The second-order valence-electron chi connectivity index (χ2n) is 4.90. The quantitative estimate of drug-likeness (QED) is 0.777. The average Bonchev–Trinajstić information content (AvgIpc) is 3.12. The van der Waals surface area contributed by atoms with Crippen LogP contribution < -0.4 is 4.74 Å². The number of hydrogen-bond donors (Lipinski definition) is 1. The molecule has 0 spiro atoms. The summed E-state index contributed by atoms with van der Waals surface area (Å²) in [5.74, 6) is 0.556. The zero-order valence-electron chi connectivity index (χ0n) is 11.0. The Kier molecular flexibility index (Phi) is 2.44. The fourth-order valence-electron chi connectivity index (χ4n) is 2.54. The number of benzene rings is 1. The molecule has 0 saturated heterocycles. The van der Waals surface area contributed by atoms with E-state index in [1.807, 2.05) is 18.2 Å². The minimum atomic E-state index is -0.973. The second-order valence-corrected chi connectivity index (χ2v) is 4.90. The van der Waals surface area contributed by atoms with Gasteiger partial charge in [-0.2, -0.15) is 0 Å². The Morgan fingerprint density at radius 2 is 2.14 bits per heavy atom. The summed E-state index contributed by atoms with van der Waals surface area (Å²) in [6.07, 6.45) is 2.41. The standard InChI is InChI=1S/C15H11N3O3/c19-15(20)11-2-4-13-16-17-14(18(13)8-11)10-1-3-12-9(7-10)5-6-21-12/h1-4,7-8H,5-6H2,(H,19,20). The van der Waals surface area contributed by atoms with Gasteiger partial charge in [0.2, 0.25) is 0 Å². The topological polar surface area (TPSA) is 76.7 Å². The molecule has 2 aromatic heterocycles. The lowest BCUT2D eigenvalue weighted by molar-refractivity contribution is 0.0696. The van der Waals surface area contributed by atoms with Crippen molar-refractivity contribution in [1.29, 1.82) is 0 Å². The van der Waals surface area contributed by atoms with Gasteiger partial charge in [0.05, 0.1) is 12.2 Å². The third kappa shape index (κ3) is 1.84. The molecule has 0 saturated carbocycles. The number of hydrogen-bond acceptors (Lipinski definition) is 4. The Morgan fingerprint density at radius 3 is 3.00 bits per heavy atom. The number of aromatic nitrogens is 3. The molecule has 0 bridgehead atoms. The number of nitrogens with zero attached hydrogens (tertiary/aromatic N) is 3. The molecule has 6 heteroatoms. The Balaban J connectivity index is 1.90. The van der Waals surface area contributed by atoms with Crippen LogP contribution in [0.15, 0.2) is 36.5 Å². The van der Waals surface area contributed by atoms with Crippen LogP contribution in [-0.4, -0.2) is 32.3 Å². The lowest BCUT2D eigenvalue weighted by atomic mass is 10.1. The van der Waals surface area contributed by atoms with Crippen LogP contribution in [0.3, 0.4) is 0 Å². The van der Waals surface area contributed by atoms with Crippen molar-refractivity contribution in [3.8, 4) is 17.1 Å². The zero-order valence-corrected chi connectivity index (χ0v) is 11.0. The van der Waals surface area contributed by atoms with Gasteiger partial charge in [0.1, 0.15) is 5.75 Å². The predicted octanol–water partition coefficient (Wildman–Crippen LogP) is 2.03. The maximum absolute atomic E-state index is 11.1. The minimum absolute atomic E-state index is 0.202. The second kappa shape index (κ2) is 4.31. The number of fused-ring (bicyclic) bond motifs is 2. The third-order valence-electron chi connectivity index (χ3n) is 3.60. The highest BCUT2D eigenvalue weighted by Gasteiger charge is 2.16. The molecule has 21 heavy (non-hydrogen) atoms. The van der Waals surface area contributed by atoms with Gasteiger partial charge in [0.25, 0.3) is 0 Å².